The summed E-state index contributed by atoms with van der Waals surface area (Å²) in [6.07, 6.45) is 1.73. The zero-order valence-corrected chi connectivity index (χ0v) is 18.7. The van der Waals surface area contributed by atoms with Crippen LogP contribution in [0.1, 0.15) is 5.76 Å². The molecule has 0 radical (unpaired) electrons. The van der Waals surface area contributed by atoms with Crippen LogP contribution in [0.25, 0.3) is 27.8 Å². The lowest BCUT2D eigenvalue weighted by Crippen LogP contribution is -2.23. The van der Waals surface area contributed by atoms with E-state index in [-0.39, 0.29) is 17.2 Å². The van der Waals surface area contributed by atoms with Crippen molar-refractivity contribution in [2.45, 2.75) is 12.1 Å². The molecule has 0 bridgehead atoms. The number of halogens is 1. The van der Waals surface area contributed by atoms with Crippen LogP contribution < -0.4 is 10.9 Å². The molecule has 170 valence electrons. The standard InChI is InChI=1S/C24H18FN5O3S/c1-14-11-19(29-33-14)27-20(31)13-34-24-28-21-18(15-5-3-2-4-6-15)12-26-22(21)23(32)30(24)17-9-7-16(25)8-10-17/h2-12,26H,13H2,1H3,(H,27,29,31). The summed E-state index contributed by atoms with van der Waals surface area (Å²) in [7, 11) is 0. The summed E-state index contributed by atoms with van der Waals surface area (Å²) < 4.78 is 19.9. The van der Waals surface area contributed by atoms with Gasteiger partial charge in [-0.25, -0.2) is 9.37 Å². The molecular weight excluding hydrogens is 457 g/mol. The highest BCUT2D eigenvalue weighted by Gasteiger charge is 2.19. The van der Waals surface area contributed by atoms with Gasteiger partial charge in [-0.15, -0.1) is 0 Å². The van der Waals surface area contributed by atoms with Crippen molar-refractivity contribution in [3.8, 4) is 16.8 Å². The van der Waals surface area contributed by atoms with Gasteiger partial charge in [0.15, 0.2) is 11.0 Å². The lowest BCUT2D eigenvalue weighted by atomic mass is 10.1. The van der Waals surface area contributed by atoms with Crippen molar-refractivity contribution in [2.75, 3.05) is 11.1 Å². The number of aromatic nitrogens is 4. The first-order valence-electron chi connectivity index (χ1n) is 10.3. The number of carbonyl (C=O) groups is 1. The molecule has 34 heavy (non-hydrogen) atoms. The van der Waals surface area contributed by atoms with Gasteiger partial charge in [0.2, 0.25) is 5.91 Å². The number of nitrogens with zero attached hydrogens (tertiary/aromatic N) is 3. The Hall–Kier alpha value is -4.18. The van der Waals surface area contributed by atoms with Crippen molar-refractivity contribution in [1.82, 2.24) is 19.7 Å². The monoisotopic (exact) mass is 475 g/mol. The van der Waals surface area contributed by atoms with E-state index >= 15 is 0 Å². The molecule has 5 rings (SSSR count). The van der Waals surface area contributed by atoms with Gasteiger partial charge in [-0.05, 0) is 36.8 Å². The average Bonchev–Trinajstić information content (AvgIpc) is 3.45. The van der Waals surface area contributed by atoms with Crippen molar-refractivity contribution in [3.63, 3.8) is 0 Å². The molecule has 10 heteroatoms. The summed E-state index contributed by atoms with van der Waals surface area (Å²) in [5, 5.41) is 6.70. The molecule has 0 spiro atoms. The third-order valence-electron chi connectivity index (χ3n) is 5.07. The SMILES string of the molecule is Cc1cc(NC(=O)CSc2nc3c(-c4ccccc4)c[nH]c3c(=O)n2-c2ccc(F)cc2)no1. The Kier molecular flexibility index (Phi) is 5.72. The molecule has 3 heterocycles. The lowest BCUT2D eigenvalue weighted by molar-refractivity contribution is -0.113. The Morgan fingerprint density at radius 3 is 2.65 bits per heavy atom. The van der Waals surface area contributed by atoms with Crippen LogP contribution in [0, 0.1) is 12.7 Å². The number of aromatic amines is 1. The van der Waals surface area contributed by atoms with Gasteiger partial charge < -0.3 is 14.8 Å². The minimum atomic E-state index is -0.423. The number of amides is 1. The topological polar surface area (TPSA) is 106 Å². The number of hydrogen-bond acceptors (Lipinski definition) is 6. The molecule has 1 amide bonds. The number of H-pyrrole nitrogens is 1. The maximum Gasteiger partial charge on any atom is 0.283 e. The van der Waals surface area contributed by atoms with E-state index in [4.69, 9.17) is 9.51 Å². The highest BCUT2D eigenvalue weighted by molar-refractivity contribution is 7.99. The number of thioether (sulfide) groups is 1. The number of nitrogens with one attached hydrogen (secondary N) is 2. The van der Waals surface area contributed by atoms with Crippen LogP contribution >= 0.6 is 11.8 Å². The maximum absolute atomic E-state index is 13.5. The first-order chi connectivity index (χ1) is 16.5. The van der Waals surface area contributed by atoms with Gasteiger partial charge in [-0.1, -0.05) is 47.3 Å². The van der Waals surface area contributed by atoms with Crippen molar-refractivity contribution in [3.05, 3.63) is 88.8 Å². The van der Waals surface area contributed by atoms with Crippen LogP contribution in [0.3, 0.4) is 0 Å². The highest BCUT2D eigenvalue weighted by Crippen LogP contribution is 2.29. The first-order valence-corrected chi connectivity index (χ1v) is 11.3. The quantitative estimate of drug-likeness (QED) is 0.276. The summed E-state index contributed by atoms with van der Waals surface area (Å²) >= 11 is 1.09. The van der Waals surface area contributed by atoms with Gasteiger partial charge in [-0.3, -0.25) is 14.2 Å². The predicted molar refractivity (Wildman–Crippen MR) is 128 cm³/mol. The fraction of sp³-hybridized carbons (Fsp3) is 0.0833. The molecule has 0 aliphatic rings. The van der Waals surface area contributed by atoms with E-state index in [2.05, 4.69) is 15.5 Å². The fourth-order valence-electron chi connectivity index (χ4n) is 3.53. The zero-order valence-electron chi connectivity index (χ0n) is 17.9. The molecule has 2 N–H and O–H groups in total. The van der Waals surface area contributed by atoms with Crippen LogP contribution in [0.2, 0.25) is 0 Å². The highest BCUT2D eigenvalue weighted by atomic mass is 32.2. The second-order valence-corrected chi connectivity index (χ2v) is 8.41. The third-order valence-corrected chi connectivity index (χ3v) is 6.00. The normalized spacial score (nSPS) is 11.1. The van der Waals surface area contributed by atoms with Crippen LogP contribution in [0.4, 0.5) is 10.2 Å². The molecule has 0 saturated heterocycles. The number of fused-ring (bicyclic) bond motifs is 1. The molecule has 0 aliphatic carbocycles. The Morgan fingerprint density at radius 2 is 1.94 bits per heavy atom. The van der Waals surface area contributed by atoms with Crippen molar-refractivity contribution in [1.29, 1.82) is 0 Å². The van der Waals surface area contributed by atoms with Crippen LogP contribution in [-0.4, -0.2) is 31.4 Å². The van der Waals surface area contributed by atoms with E-state index in [9.17, 15) is 14.0 Å². The van der Waals surface area contributed by atoms with Crippen LogP contribution in [0.15, 0.2) is 81.3 Å². The Bertz CT molecular complexity index is 1540. The van der Waals surface area contributed by atoms with Crippen molar-refractivity contribution >= 4 is 34.5 Å². The second-order valence-electron chi connectivity index (χ2n) is 7.46. The number of anilines is 1. The van der Waals surface area contributed by atoms with E-state index in [0.29, 0.717) is 33.5 Å². The van der Waals surface area contributed by atoms with Gasteiger partial charge in [-0.2, -0.15) is 0 Å². The van der Waals surface area contributed by atoms with Gasteiger partial charge in [0, 0.05) is 17.8 Å². The molecule has 0 fully saturated rings. The van der Waals surface area contributed by atoms with Gasteiger partial charge in [0.1, 0.15) is 22.6 Å². The van der Waals surface area contributed by atoms with Crippen molar-refractivity contribution < 1.29 is 13.7 Å². The molecule has 5 aromatic rings. The van der Waals surface area contributed by atoms with E-state index in [1.54, 1.807) is 19.2 Å². The summed E-state index contributed by atoms with van der Waals surface area (Å²) in [6, 6.07) is 16.7. The Balaban J connectivity index is 1.56. The summed E-state index contributed by atoms with van der Waals surface area (Å²) in [4.78, 5) is 33.7. The number of aryl methyl sites for hydroxylation is 1. The average molecular weight is 476 g/mol. The molecule has 0 aliphatic heterocycles. The molecule has 2 aromatic carbocycles. The zero-order chi connectivity index (χ0) is 23.7. The molecule has 0 saturated carbocycles. The van der Waals surface area contributed by atoms with E-state index < -0.39 is 5.82 Å². The minimum Gasteiger partial charge on any atom is -0.360 e. The molecular formula is C24H18FN5O3S. The van der Waals surface area contributed by atoms with E-state index in [1.165, 1.54) is 28.8 Å². The van der Waals surface area contributed by atoms with Crippen molar-refractivity contribution in [2.24, 2.45) is 0 Å². The summed E-state index contributed by atoms with van der Waals surface area (Å²) in [5.41, 5.74) is 2.55. The Morgan fingerprint density at radius 1 is 1.18 bits per heavy atom. The molecule has 8 nitrogen and oxygen atoms in total. The lowest BCUT2D eigenvalue weighted by Gasteiger charge is -2.12. The minimum absolute atomic E-state index is 0.0316. The number of hydrogen-bond donors (Lipinski definition) is 2. The first kappa shape index (κ1) is 21.7. The largest absolute Gasteiger partial charge is 0.360 e. The van der Waals surface area contributed by atoms with Crippen LogP contribution in [-0.2, 0) is 4.79 Å². The van der Waals surface area contributed by atoms with E-state index in [0.717, 1.165) is 22.9 Å². The van der Waals surface area contributed by atoms with Gasteiger partial charge in [0.25, 0.3) is 5.56 Å². The molecule has 0 atom stereocenters. The second kappa shape index (κ2) is 8.99. The number of benzene rings is 2. The number of carbonyl (C=O) groups excluding carboxylic acids is 1. The fourth-order valence-corrected chi connectivity index (χ4v) is 4.33. The molecule has 0 unspecified atom stereocenters. The van der Waals surface area contributed by atoms with Crippen LogP contribution in [0.5, 0.6) is 0 Å². The third kappa shape index (κ3) is 4.23. The number of rotatable bonds is 6. The Labute approximate surface area is 196 Å². The smallest absolute Gasteiger partial charge is 0.283 e. The maximum atomic E-state index is 13.5. The predicted octanol–water partition coefficient (Wildman–Crippen LogP) is 4.55. The molecule has 3 aromatic heterocycles. The summed E-state index contributed by atoms with van der Waals surface area (Å²) in [6.45, 7) is 1.72. The summed E-state index contributed by atoms with van der Waals surface area (Å²) in [5.74, 6) is 0.0839. The van der Waals surface area contributed by atoms with E-state index in [1.807, 2.05) is 30.3 Å². The van der Waals surface area contributed by atoms with Gasteiger partial charge in [0.05, 0.1) is 11.4 Å². The van der Waals surface area contributed by atoms with Gasteiger partial charge >= 0.3 is 0 Å².